The van der Waals surface area contributed by atoms with Crippen molar-refractivity contribution in [2.24, 2.45) is 0 Å². The summed E-state index contributed by atoms with van der Waals surface area (Å²) >= 11 is 0. The predicted octanol–water partition coefficient (Wildman–Crippen LogP) is 15.6. The summed E-state index contributed by atoms with van der Waals surface area (Å²) in [6, 6.07) is 55.3. The Morgan fingerprint density at radius 2 is 0.785 bits per heavy atom. The van der Waals surface area contributed by atoms with Crippen molar-refractivity contribution in [3.05, 3.63) is 139 Å². The molecule has 0 aliphatic carbocycles. The summed E-state index contributed by atoms with van der Waals surface area (Å²) in [5.74, 6) is -0.134. The molecule has 0 heterocycles. The monoisotopic (exact) mass is 956 g/mol. The lowest BCUT2D eigenvalue weighted by Gasteiger charge is -2.40. The number of ether oxygens (including phenoxy) is 1. The van der Waals surface area contributed by atoms with Crippen molar-refractivity contribution in [1.82, 2.24) is 4.44 Å². The lowest BCUT2D eigenvalue weighted by Crippen LogP contribution is -2.48. The van der Waals surface area contributed by atoms with E-state index in [0.29, 0.717) is 11.8 Å². The molecular weight excluding hydrogens is 878 g/mol. The first kappa shape index (κ1) is 52.9. The third-order valence-corrected chi connectivity index (χ3v) is 29.9. The van der Waals surface area contributed by atoms with Crippen molar-refractivity contribution >= 4 is 63.9 Å². The molecule has 0 aromatic heterocycles. The summed E-state index contributed by atoms with van der Waals surface area (Å²) < 4.78 is 50.5. The standard InChI is InChI=1S/C56H78F3NOP2Si2/c1-7-13-41-64(42-14-8-2,43-15-9-3)52-37-33-50(34-38-52)62(51-35-39-53(40-36-51)65(44-16-10-4,45-17-11-5)46-18-12-6)60(47-48-27-21-19-22-28-48)63(49-29-23-20-24-30-49)55-32-26-25-31-54(55)61-56(57,58)59/h19-40H,7-18,41-47H2,1-6H3. The molecule has 2 nitrogen and oxygen atoms in total. The second kappa shape index (κ2) is 27.1. The summed E-state index contributed by atoms with van der Waals surface area (Å²) in [5, 5.41) is 7.18. The Bertz CT molecular complexity index is 1950. The van der Waals surface area contributed by atoms with Gasteiger partial charge in [0.15, 0.2) is 0 Å². The van der Waals surface area contributed by atoms with E-state index in [-0.39, 0.29) is 5.75 Å². The Hall–Kier alpha value is -3.06. The molecule has 5 rings (SSSR count). The zero-order chi connectivity index (χ0) is 46.5. The molecule has 0 saturated carbocycles. The Kier molecular flexibility index (Phi) is 22.0. The normalized spacial score (nSPS) is 12.8. The van der Waals surface area contributed by atoms with Crippen LogP contribution in [0.3, 0.4) is 0 Å². The van der Waals surface area contributed by atoms with Gasteiger partial charge in [-0.05, 0) is 33.6 Å². The third kappa shape index (κ3) is 15.0. The van der Waals surface area contributed by atoms with E-state index >= 15 is 0 Å². The SMILES string of the molecule is CCCC[Si](CCCC)(CCCC)c1ccc(P(c2ccc([Si](CCCC)(CCCC)CCCC)cc2)N(Cc2ccccc2)P(c2ccccc2)c2ccccc2OC(F)(F)F)cc1. The highest BCUT2D eigenvalue weighted by atomic mass is 31.2. The van der Waals surface area contributed by atoms with E-state index in [1.165, 1.54) is 130 Å². The van der Waals surface area contributed by atoms with Crippen LogP contribution in [0.15, 0.2) is 133 Å². The minimum absolute atomic E-state index is 0.134. The Labute approximate surface area is 396 Å². The summed E-state index contributed by atoms with van der Waals surface area (Å²) in [5.41, 5.74) is 1.13. The first-order chi connectivity index (χ1) is 31.6. The van der Waals surface area contributed by atoms with Gasteiger partial charge < -0.3 is 4.74 Å². The molecule has 0 aliphatic rings. The number of rotatable bonds is 29. The Balaban J connectivity index is 1.81. The van der Waals surface area contributed by atoms with Crippen LogP contribution in [0.1, 0.15) is 124 Å². The van der Waals surface area contributed by atoms with Crippen LogP contribution < -0.4 is 36.3 Å². The molecule has 9 heteroatoms. The smallest absolute Gasteiger partial charge is 0.405 e. The van der Waals surface area contributed by atoms with E-state index in [1.54, 1.807) is 16.4 Å². The zero-order valence-electron chi connectivity index (χ0n) is 40.5. The molecule has 0 N–H and O–H groups in total. The summed E-state index contributed by atoms with van der Waals surface area (Å²) in [6.07, 6.45) is 10.1. The van der Waals surface area contributed by atoms with Gasteiger partial charge in [-0.3, -0.25) is 0 Å². The number of benzene rings is 5. The lowest BCUT2D eigenvalue weighted by molar-refractivity contribution is -0.274. The molecule has 5 aromatic rings. The minimum atomic E-state index is -4.83. The number of alkyl halides is 3. The molecular formula is C56H78F3NOP2Si2. The number of nitrogens with zero attached hydrogens (tertiary/aromatic N) is 1. The van der Waals surface area contributed by atoms with Crippen LogP contribution >= 0.6 is 16.1 Å². The molecule has 0 spiro atoms. The first-order valence-corrected chi connectivity index (χ1v) is 32.9. The van der Waals surface area contributed by atoms with Gasteiger partial charge in [0.1, 0.15) is 5.75 Å². The van der Waals surface area contributed by atoms with E-state index in [2.05, 4.69) is 131 Å². The Morgan fingerprint density at radius 1 is 0.431 bits per heavy atom. The van der Waals surface area contributed by atoms with Crippen LogP contribution in [-0.4, -0.2) is 27.0 Å². The second-order valence-electron chi connectivity index (χ2n) is 18.3. The van der Waals surface area contributed by atoms with Gasteiger partial charge >= 0.3 is 6.36 Å². The van der Waals surface area contributed by atoms with Crippen molar-refractivity contribution in [3.63, 3.8) is 0 Å². The number of para-hydroxylation sites is 1. The van der Waals surface area contributed by atoms with Crippen LogP contribution in [0.4, 0.5) is 13.2 Å². The number of hydrogen-bond acceptors (Lipinski definition) is 2. The van der Waals surface area contributed by atoms with Crippen LogP contribution in [0.2, 0.25) is 36.3 Å². The molecule has 1 atom stereocenters. The lowest BCUT2D eigenvalue weighted by atomic mass is 10.2. The molecule has 352 valence electrons. The van der Waals surface area contributed by atoms with Crippen molar-refractivity contribution in [2.75, 3.05) is 0 Å². The maximum absolute atomic E-state index is 14.3. The van der Waals surface area contributed by atoms with Gasteiger partial charge in [0.25, 0.3) is 0 Å². The van der Waals surface area contributed by atoms with E-state index in [9.17, 15) is 13.2 Å². The summed E-state index contributed by atoms with van der Waals surface area (Å²) in [7, 11) is -6.43. The molecule has 0 bridgehead atoms. The van der Waals surface area contributed by atoms with Crippen LogP contribution in [0, 0.1) is 0 Å². The van der Waals surface area contributed by atoms with E-state index in [0.717, 1.165) is 10.9 Å². The fourth-order valence-corrected chi connectivity index (χ4v) is 27.0. The Morgan fingerprint density at radius 3 is 1.17 bits per heavy atom. The van der Waals surface area contributed by atoms with Crippen molar-refractivity contribution in [3.8, 4) is 5.75 Å². The van der Waals surface area contributed by atoms with Crippen molar-refractivity contribution < 1.29 is 17.9 Å². The molecule has 5 aromatic carbocycles. The van der Waals surface area contributed by atoms with Gasteiger partial charge in [-0.2, -0.15) is 0 Å². The second-order valence-corrected chi connectivity index (χ2v) is 32.1. The minimum Gasteiger partial charge on any atom is -0.405 e. The highest BCUT2D eigenvalue weighted by Crippen LogP contribution is 2.56. The largest absolute Gasteiger partial charge is 0.573 e. The van der Waals surface area contributed by atoms with Crippen molar-refractivity contribution in [2.45, 2.75) is 168 Å². The molecule has 0 saturated heterocycles. The van der Waals surface area contributed by atoms with E-state index in [1.807, 2.05) is 36.4 Å². The quantitative estimate of drug-likeness (QED) is 0.0350. The molecule has 65 heavy (non-hydrogen) atoms. The molecule has 0 amide bonds. The molecule has 0 aliphatic heterocycles. The van der Waals surface area contributed by atoms with E-state index < -0.39 is 38.7 Å². The molecule has 1 unspecified atom stereocenters. The van der Waals surface area contributed by atoms with Crippen molar-refractivity contribution in [1.29, 1.82) is 0 Å². The highest BCUT2D eigenvalue weighted by molar-refractivity contribution is 7.84. The first-order valence-electron chi connectivity index (χ1n) is 25.1. The average Bonchev–Trinajstić information content (AvgIpc) is 3.32. The zero-order valence-corrected chi connectivity index (χ0v) is 44.3. The van der Waals surface area contributed by atoms with Gasteiger partial charge in [0.05, 0.1) is 16.1 Å². The average molecular weight is 956 g/mol. The van der Waals surface area contributed by atoms with Gasteiger partial charge in [-0.1, -0.05) is 287 Å². The maximum Gasteiger partial charge on any atom is 0.573 e. The van der Waals surface area contributed by atoms with Gasteiger partial charge in [-0.15, -0.1) is 13.2 Å². The summed E-state index contributed by atoms with van der Waals surface area (Å²) in [6.45, 7) is 14.5. The van der Waals surface area contributed by atoms with Crippen LogP contribution in [0.5, 0.6) is 5.75 Å². The van der Waals surface area contributed by atoms with Crippen LogP contribution in [-0.2, 0) is 6.54 Å². The maximum atomic E-state index is 14.3. The van der Waals surface area contributed by atoms with Gasteiger partial charge in [-0.25, -0.2) is 4.44 Å². The van der Waals surface area contributed by atoms with Crippen LogP contribution in [0.25, 0.3) is 0 Å². The number of hydrogen-bond donors (Lipinski definition) is 0. The number of halogens is 3. The fraction of sp³-hybridized carbons (Fsp3) is 0.464. The third-order valence-electron chi connectivity index (χ3n) is 13.5. The molecule has 0 fully saturated rings. The topological polar surface area (TPSA) is 12.5 Å². The fourth-order valence-electron chi connectivity index (χ4n) is 9.82. The van der Waals surface area contributed by atoms with Gasteiger partial charge in [0, 0.05) is 28.0 Å². The molecule has 0 radical (unpaired) electrons. The number of unbranched alkanes of at least 4 members (excludes halogenated alkanes) is 6. The summed E-state index contributed by atoms with van der Waals surface area (Å²) in [4.78, 5) is 0. The predicted molar refractivity (Wildman–Crippen MR) is 286 cm³/mol. The highest BCUT2D eigenvalue weighted by Gasteiger charge is 2.39. The van der Waals surface area contributed by atoms with E-state index in [4.69, 9.17) is 4.74 Å². The van der Waals surface area contributed by atoms with Gasteiger partial charge in [0.2, 0.25) is 0 Å².